The highest BCUT2D eigenvalue weighted by atomic mass is 19.4. The van der Waals surface area contributed by atoms with Crippen molar-refractivity contribution >= 4 is 12.1 Å². The first-order valence-electron chi connectivity index (χ1n) is 13.7. The van der Waals surface area contributed by atoms with Crippen LogP contribution < -0.4 is 4.74 Å². The Kier molecular flexibility index (Phi) is 8.65. The lowest BCUT2D eigenvalue weighted by Crippen LogP contribution is -2.38. The summed E-state index contributed by atoms with van der Waals surface area (Å²) in [6.07, 6.45) is -2.86. The van der Waals surface area contributed by atoms with Crippen molar-refractivity contribution in [1.29, 1.82) is 0 Å². The van der Waals surface area contributed by atoms with Crippen LogP contribution in [-0.2, 0) is 17.5 Å². The molecule has 0 unspecified atom stereocenters. The van der Waals surface area contributed by atoms with E-state index in [-0.39, 0.29) is 18.5 Å². The van der Waals surface area contributed by atoms with Crippen molar-refractivity contribution in [3.05, 3.63) is 95.3 Å². The smallest absolute Gasteiger partial charge is 0.434 e. The number of rotatable bonds is 8. The summed E-state index contributed by atoms with van der Waals surface area (Å²) in [5, 5.41) is 12.9. The number of carbonyl (C=O) groups excluding carboxylic acids is 1. The molecule has 2 aromatic carbocycles. The molecule has 12 heteroatoms. The summed E-state index contributed by atoms with van der Waals surface area (Å²) in [7, 11) is 0. The molecule has 224 valence electrons. The summed E-state index contributed by atoms with van der Waals surface area (Å²) in [4.78, 5) is 29.4. The molecule has 2 aromatic heterocycles. The number of para-hydroxylation sites is 1. The van der Waals surface area contributed by atoms with Crippen LogP contribution in [0.1, 0.15) is 52.9 Å². The fourth-order valence-electron chi connectivity index (χ4n) is 5.10. The SMILES string of the molecule is CCOC(=O)N1CCC(c2ccc(COc3ccccc3-c3cccc(-n4ncc(C(=O)O)c4C(F)(F)F)n3)cc2)CC1. The lowest BCUT2D eigenvalue weighted by Gasteiger charge is -2.31. The van der Waals surface area contributed by atoms with Gasteiger partial charge in [0.05, 0.1) is 18.5 Å². The van der Waals surface area contributed by atoms with Crippen molar-refractivity contribution in [1.82, 2.24) is 19.7 Å². The number of hydrogen-bond acceptors (Lipinski definition) is 6. The van der Waals surface area contributed by atoms with Gasteiger partial charge >= 0.3 is 18.2 Å². The predicted octanol–water partition coefficient (Wildman–Crippen LogP) is 6.57. The van der Waals surface area contributed by atoms with E-state index in [1.54, 1.807) is 42.2 Å². The van der Waals surface area contributed by atoms with E-state index in [1.165, 1.54) is 17.7 Å². The lowest BCUT2D eigenvalue weighted by molar-refractivity contribution is -0.143. The molecule has 0 saturated carbocycles. The van der Waals surface area contributed by atoms with E-state index in [2.05, 4.69) is 22.2 Å². The first-order chi connectivity index (χ1) is 20.7. The van der Waals surface area contributed by atoms with Crippen LogP contribution in [0.5, 0.6) is 5.75 Å². The van der Waals surface area contributed by atoms with Crippen LogP contribution in [0.2, 0.25) is 0 Å². The Bertz CT molecular complexity index is 1600. The molecule has 0 aliphatic carbocycles. The van der Waals surface area contributed by atoms with Gasteiger partial charge in [0, 0.05) is 18.7 Å². The Balaban J connectivity index is 1.29. The van der Waals surface area contributed by atoms with Gasteiger partial charge in [-0.05, 0) is 61.1 Å². The van der Waals surface area contributed by atoms with Gasteiger partial charge in [-0.15, -0.1) is 0 Å². The summed E-state index contributed by atoms with van der Waals surface area (Å²) in [6.45, 7) is 3.70. The third-order valence-electron chi connectivity index (χ3n) is 7.25. The molecule has 9 nitrogen and oxygen atoms in total. The van der Waals surface area contributed by atoms with Crippen LogP contribution in [0.25, 0.3) is 17.1 Å². The van der Waals surface area contributed by atoms with Gasteiger partial charge < -0.3 is 19.5 Å². The fourth-order valence-corrected chi connectivity index (χ4v) is 5.10. The molecule has 1 saturated heterocycles. The van der Waals surface area contributed by atoms with Gasteiger partial charge in [0.1, 0.15) is 17.9 Å². The standard InChI is InChI=1S/C31H29F3N4O5/c1-2-42-30(41)37-16-14-22(15-17-37)21-12-10-20(11-13-21)19-43-26-8-4-3-6-23(26)25-7-5-9-27(36-25)38-28(31(32,33)34)24(18-35-38)29(39)40/h3-13,18,22H,2,14-17,19H2,1H3,(H,39,40). The van der Waals surface area contributed by atoms with E-state index in [1.807, 2.05) is 12.1 Å². The second-order valence-corrected chi connectivity index (χ2v) is 9.99. The molecule has 1 fully saturated rings. The number of aromatic carboxylic acids is 1. The number of likely N-dealkylation sites (tertiary alicyclic amines) is 1. The highest BCUT2D eigenvalue weighted by Gasteiger charge is 2.41. The summed E-state index contributed by atoms with van der Waals surface area (Å²) in [5.74, 6) is -1.10. The minimum atomic E-state index is -4.96. The van der Waals surface area contributed by atoms with Gasteiger partial charge in [-0.25, -0.2) is 19.3 Å². The van der Waals surface area contributed by atoms with Crippen molar-refractivity contribution < 1.29 is 37.3 Å². The quantitative estimate of drug-likeness (QED) is 0.246. The second-order valence-electron chi connectivity index (χ2n) is 9.99. The molecular formula is C31H29F3N4O5. The predicted molar refractivity (Wildman–Crippen MR) is 150 cm³/mol. The van der Waals surface area contributed by atoms with E-state index in [0.717, 1.165) is 18.4 Å². The van der Waals surface area contributed by atoms with E-state index < -0.39 is 23.4 Å². The molecule has 0 atom stereocenters. The summed E-state index contributed by atoms with van der Waals surface area (Å²) < 4.78 is 52.9. The van der Waals surface area contributed by atoms with E-state index >= 15 is 0 Å². The van der Waals surface area contributed by atoms with E-state index in [9.17, 15) is 27.9 Å². The van der Waals surface area contributed by atoms with Gasteiger partial charge in [-0.3, -0.25) is 0 Å². The number of amides is 1. The Labute approximate surface area is 245 Å². The number of carboxylic acid groups (broad SMARTS) is 1. The molecule has 0 bridgehead atoms. The number of hydrogen-bond donors (Lipinski definition) is 1. The zero-order valence-corrected chi connectivity index (χ0v) is 23.3. The van der Waals surface area contributed by atoms with Gasteiger partial charge in [0.25, 0.3) is 0 Å². The van der Waals surface area contributed by atoms with Crippen LogP contribution >= 0.6 is 0 Å². The molecule has 1 N–H and O–H groups in total. The summed E-state index contributed by atoms with van der Waals surface area (Å²) >= 11 is 0. The topological polar surface area (TPSA) is 107 Å². The number of carbonyl (C=O) groups is 2. The number of alkyl halides is 3. The van der Waals surface area contributed by atoms with Gasteiger partial charge in [-0.1, -0.05) is 42.5 Å². The van der Waals surface area contributed by atoms with Crippen LogP contribution in [0.4, 0.5) is 18.0 Å². The van der Waals surface area contributed by atoms with Crippen LogP contribution in [0, 0.1) is 0 Å². The third-order valence-corrected chi connectivity index (χ3v) is 7.25. The average Bonchev–Trinajstić information content (AvgIpc) is 3.48. The maximum atomic E-state index is 13.7. The first kappa shape index (κ1) is 29.6. The summed E-state index contributed by atoms with van der Waals surface area (Å²) in [5.41, 5.74) is 0.624. The van der Waals surface area contributed by atoms with Gasteiger partial charge in [0.2, 0.25) is 0 Å². The number of benzene rings is 2. The second kappa shape index (κ2) is 12.6. The number of piperidine rings is 1. The van der Waals surface area contributed by atoms with Crippen molar-refractivity contribution in [2.75, 3.05) is 19.7 Å². The highest BCUT2D eigenvalue weighted by molar-refractivity contribution is 5.89. The highest BCUT2D eigenvalue weighted by Crippen LogP contribution is 2.35. The number of aromatic nitrogens is 3. The first-order valence-corrected chi connectivity index (χ1v) is 13.7. The normalized spacial score (nSPS) is 14.0. The number of ether oxygens (including phenoxy) is 2. The molecule has 1 aliphatic rings. The third kappa shape index (κ3) is 6.63. The number of pyridine rings is 1. The van der Waals surface area contributed by atoms with Crippen LogP contribution in [0.15, 0.2) is 72.9 Å². The number of nitrogens with zero attached hydrogens (tertiary/aromatic N) is 4. The van der Waals surface area contributed by atoms with Crippen molar-refractivity contribution in [2.24, 2.45) is 0 Å². The molecule has 0 radical (unpaired) electrons. The Morgan fingerprint density at radius 1 is 1.00 bits per heavy atom. The Hall–Kier alpha value is -4.87. The van der Waals surface area contributed by atoms with Crippen molar-refractivity contribution in [3.8, 4) is 22.8 Å². The Morgan fingerprint density at radius 3 is 2.40 bits per heavy atom. The zero-order chi connectivity index (χ0) is 30.6. The monoisotopic (exact) mass is 594 g/mol. The van der Waals surface area contributed by atoms with Gasteiger partial charge in [-0.2, -0.15) is 18.3 Å². The maximum Gasteiger partial charge on any atom is 0.434 e. The average molecular weight is 595 g/mol. The van der Waals surface area contributed by atoms with E-state index in [4.69, 9.17) is 9.47 Å². The van der Waals surface area contributed by atoms with E-state index in [0.29, 0.717) is 53.5 Å². The molecule has 5 rings (SSSR count). The number of halogens is 3. The molecular weight excluding hydrogens is 565 g/mol. The molecule has 43 heavy (non-hydrogen) atoms. The van der Waals surface area contributed by atoms with Crippen molar-refractivity contribution in [3.63, 3.8) is 0 Å². The molecule has 1 aliphatic heterocycles. The molecule has 4 aromatic rings. The lowest BCUT2D eigenvalue weighted by atomic mass is 9.89. The number of carboxylic acids is 1. The van der Waals surface area contributed by atoms with Crippen LogP contribution in [0.3, 0.4) is 0 Å². The largest absolute Gasteiger partial charge is 0.488 e. The fraction of sp³-hybridized carbons (Fsp3) is 0.290. The minimum absolute atomic E-state index is 0.184. The molecule has 3 heterocycles. The van der Waals surface area contributed by atoms with Gasteiger partial charge in [0.15, 0.2) is 11.5 Å². The summed E-state index contributed by atoms with van der Waals surface area (Å²) in [6, 6.07) is 19.6. The van der Waals surface area contributed by atoms with Crippen molar-refractivity contribution in [2.45, 2.75) is 38.5 Å². The maximum absolute atomic E-state index is 13.7. The van der Waals surface area contributed by atoms with Crippen LogP contribution in [-0.4, -0.2) is 56.5 Å². The molecule has 1 amide bonds. The minimum Gasteiger partial charge on any atom is -0.488 e. The Morgan fingerprint density at radius 2 is 1.72 bits per heavy atom. The zero-order valence-electron chi connectivity index (χ0n) is 23.3. The molecule has 0 spiro atoms.